The number of aromatic nitrogens is 2. The summed E-state index contributed by atoms with van der Waals surface area (Å²) in [6.07, 6.45) is 0. The third-order valence-corrected chi connectivity index (χ3v) is 6.76. The van der Waals surface area contributed by atoms with E-state index in [4.69, 9.17) is 15.2 Å². The standard InChI is InChI=1S/C25H26N6O6S/c1-36-17-10-16(11-18(13-17)37-2)28-24-25(30-21-9-4-3-8-20(21)29-24)31-38(34,35)19-7-5-6-15(12-19)27-22(14-32)23(26)33/h3-13,22,27,32H,14H2,1-2H3,(H2,26,33)(H,28,29)(H,30,31)/t22-/m1/s1. The number of nitrogens with zero attached hydrogens (tertiary/aromatic N) is 2. The number of hydrogen-bond acceptors (Lipinski definition) is 10. The molecule has 0 saturated heterocycles. The van der Waals surface area contributed by atoms with Gasteiger partial charge in [-0.05, 0) is 30.3 Å². The molecule has 12 nitrogen and oxygen atoms in total. The smallest absolute Gasteiger partial charge is 0.263 e. The number of benzene rings is 3. The Morgan fingerprint density at radius 2 is 1.55 bits per heavy atom. The molecule has 4 aromatic rings. The fourth-order valence-electron chi connectivity index (χ4n) is 3.52. The van der Waals surface area contributed by atoms with Crippen LogP contribution < -0.4 is 30.6 Å². The van der Waals surface area contributed by atoms with Gasteiger partial charge < -0.3 is 30.9 Å². The largest absolute Gasteiger partial charge is 0.497 e. The van der Waals surface area contributed by atoms with Crippen molar-refractivity contribution in [2.75, 3.05) is 36.2 Å². The molecule has 0 saturated carbocycles. The molecule has 13 heteroatoms. The van der Waals surface area contributed by atoms with Gasteiger partial charge in [0.05, 0.1) is 36.8 Å². The highest BCUT2D eigenvalue weighted by molar-refractivity contribution is 7.92. The molecule has 4 rings (SSSR count). The third kappa shape index (κ3) is 6.02. The first-order chi connectivity index (χ1) is 18.2. The zero-order valence-corrected chi connectivity index (χ0v) is 21.3. The summed E-state index contributed by atoms with van der Waals surface area (Å²) in [5, 5.41) is 15.2. The molecule has 0 aliphatic heterocycles. The molecule has 0 spiro atoms. The zero-order valence-electron chi connectivity index (χ0n) is 20.5. The first-order valence-corrected chi connectivity index (χ1v) is 12.8. The van der Waals surface area contributed by atoms with Gasteiger partial charge in [-0.1, -0.05) is 18.2 Å². The molecule has 0 aliphatic rings. The summed E-state index contributed by atoms with van der Waals surface area (Å²) in [5.41, 5.74) is 7.07. The SMILES string of the molecule is COc1cc(Nc2nc3ccccc3nc2NS(=O)(=O)c2cccc(N[C@H](CO)C(N)=O)c2)cc(OC)c1. The van der Waals surface area contributed by atoms with Gasteiger partial charge in [-0.3, -0.25) is 9.52 Å². The molecule has 38 heavy (non-hydrogen) atoms. The predicted molar refractivity (Wildman–Crippen MR) is 143 cm³/mol. The van der Waals surface area contributed by atoms with E-state index in [2.05, 4.69) is 25.3 Å². The molecule has 0 fully saturated rings. The van der Waals surface area contributed by atoms with Crippen molar-refractivity contribution in [3.63, 3.8) is 0 Å². The summed E-state index contributed by atoms with van der Waals surface area (Å²) in [6.45, 7) is -0.554. The van der Waals surface area contributed by atoms with Crippen LogP contribution in [0.4, 0.5) is 23.0 Å². The van der Waals surface area contributed by atoms with E-state index >= 15 is 0 Å². The molecule has 3 aromatic carbocycles. The number of nitrogens with one attached hydrogen (secondary N) is 3. The van der Waals surface area contributed by atoms with Crippen LogP contribution in [0.5, 0.6) is 11.5 Å². The van der Waals surface area contributed by atoms with Gasteiger partial charge in [0.2, 0.25) is 5.91 Å². The lowest BCUT2D eigenvalue weighted by Crippen LogP contribution is -2.38. The summed E-state index contributed by atoms with van der Waals surface area (Å²) in [4.78, 5) is 20.4. The van der Waals surface area contributed by atoms with Gasteiger partial charge >= 0.3 is 0 Å². The van der Waals surface area contributed by atoms with Crippen LogP contribution in [0.2, 0.25) is 0 Å². The Kier molecular flexibility index (Phi) is 7.79. The number of ether oxygens (including phenoxy) is 2. The highest BCUT2D eigenvalue weighted by Gasteiger charge is 2.21. The van der Waals surface area contributed by atoms with E-state index in [-0.39, 0.29) is 22.2 Å². The zero-order chi connectivity index (χ0) is 27.3. The summed E-state index contributed by atoms with van der Waals surface area (Å²) < 4.78 is 39.9. The van der Waals surface area contributed by atoms with E-state index in [0.717, 1.165) is 0 Å². The predicted octanol–water partition coefficient (Wildman–Crippen LogP) is 2.45. The van der Waals surface area contributed by atoms with Gasteiger partial charge in [-0.25, -0.2) is 18.4 Å². The number of fused-ring (bicyclic) bond motifs is 1. The molecule has 1 amide bonds. The number of methoxy groups -OCH3 is 2. The number of aliphatic hydroxyl groups excluding tert-OH is 1. The van der Waals surface area contributed by atoms with Crippen molar-refractivity contribution in [3.8, 4) is 11.5 Å². The number of amides is 1. The van der Waals surface area contributed by atoms with Crippen molar-refractivity contribution in [1.82, 2.24) is 9.97 Å². The van der Waals surface area contributed by atoms with E-state index in [1.807, 2.05) is 0 Å². The van der Waals surface area contributed by atoms with Crippen LogP contribution in [0.25, 0.3) is 11.0 Å². The lowest BCUT2D eigenvalue weighted by Gasteiger charge is -2.16. The van der Waals surface area contributed by atoms with Crippen LogP contribution in [0.3, 0.4) is 0 Å². The second-order valence-corrected chi connectivity index (χ2v) is 9.73. The molecule has 1 aromatic heterocycles. The number of aliphatic hydroxyl groups is 1. The average Bonchev–Trinajstić information content (AvgIpc) is 2.91. The molecule has 198 valence electrons. The first-order valence-electron chi connectivity index (χ1n) is 11.3. The number of nitrogens with two attached hydrogens (primary N) is 1. The fraction of sp³-hybridized carbons (Fsp3) is 0.160. The van der Waals surface area contributed by atoms with Crippen LogP contribution in [-0.4, -0.2) is 56.3 Å². The van der Waals surface area contributed by atoms with Gasteiger partial charge in [-0.2, -0.15) is 0 Å². The van der Waals surface area contributed by atoms with Crippen LogP contribution in [0.1, 0.15) is 0 Å². The lowest BCUT2D eigenvalue weighted by atomic mass is 10.2. The minimum absolute atomic E-state index is 0.0470. The summed E-state index contributed by atoms with van der Waals surface area (Å²) in [7, 11) is -1.13. The first kappa shape index (κ1) is 26.4. The maximum atomic E-state index is 13.4. The van der Waals surface area contributed by atoms with Crippen molar-refractivity contribution in [3.05, 3.63) is 66.7 Å². The Morgan fingerprint density at radius 3 is 2.13 bits per heavy atom. The molecule has 0 aliphatic carbocycles. The van der Waals surface area contributed by atoms with Crippen molar-refractivity contribution in [2.45, 2.75) is 10.9 Å². The van der Waals surface area contributed by atoms with E-state index in [0.29, 0.717) is 28.2 Å². The molecule has 0 unspecified atom stereocenters. The Labute approximate surface area is 218 Å². The van der Waals surface area contributed by atoms with E-state index in [1.165, 1.54) is 32.4 Å². The number of para-hydroxylation sites is 2. The monoisotopic (exact) mass is 538 g/mol. The summed E-state index contributed by atoms with van der Waals surface area (Å²) >= 11 is 0. The molecule has 0 radical (unpaired) electrons. The van der Waals surface area contributed by atoms with Crippen molar-refractivity contribution in [2.24, 2.45) is 5.73 Å². The Hall–Kier alpha value is -4.62. The van der Waals surface area contributed by atoms with E-state index in [1.54, 1.807) is 48.5 Å². The van der Waals surface area contributed by atoms with Gasteiger partial charge in [0.25, 0.3) is 10.0 Å². The molecule has 1 atom stereocenters. The van der Waals surface area contributed by atoms with Gasteiger partial charge in [-0.15, -0.1) is 0 Å². The van der Waals surface area contributed by atoms with Gasteiger partial charge in [0, 0.05) is 29.6 Å². The topological polar surface area (TPSA) is 178 Å². The lowest BCUT2D eigenvalue weighted by molar-refractivity contribution is -0.119. The second-order valence-electron chi connectivity index (χ2n) is 8.05. The summed E-state index contributed by atoms with van der Waals surface area (Å²) in [5.74, 6) is 0.351. The number of rotatable bonds is 11. The Balaban J connectivity index is 1.72. The fourth-order valence-corrected chi connectivity index (χ4v) is 4.58. The quantitative estimate of drug-likeness (QED) is 0.190. The summed E-state index contributed by atoms with van der Waals surface area (Å²) in [6, 6.07) is 16.7. The van der Waals surface area contributed by atoms with Crippen molar-refractivity contribution < 1.29 is 27.8 Å². The third-order valence-electron chi connectivity index (χ3n) is 5.43. The van der Waals surface area contributed by atoms with Gasteiger partial charge in [0.1, 0.15) is 17.5 Å². The minimum Gasteiger partial charge on any atom is -0.497 e. The molecular formula is C25H26N6O6S. The molecule has 1 heterocycles. The number of anilines is 4. The van der Waals surface area contributed by atoms with E-state index in [9.17, 15) is 18.3 Å². The minimum atomic E-state index is -4.17. The highest BCUT2D eigenvalue weighted by Crippen LogP contribution is 2.31. The van der Waals surface area contributed by atoms with Crippen molar-refractivity contribution >= 4 is 50.0 Å². The van der Waals surface area contributed by atoms with E-state index < -0.39 is 28.6 Å². The van der Waals surface area contributed by atoms with Crippen LogP contribution in [0, 0.1) is 0 Å². The normalized spacial score (nSPS) is 12.0. The Bertz CT molecular complexity index is 1560. The van der Waals surface area contributed by atoms with Gasteiger partial charge in [0.15, 0.2) is 11.6 Å². The molecule has 6 N–H and O–H groups in total. The number of carbonyl (C=O) groups excluding carboxylic acids is 1. The highest BCUT2D eigenvalue weighted by atomic mass is 32.2. The maximum absolute atomic E-state index is 13.4. The molecule has 0 bridgehead atoms. The van der Waals surface area contributed by atoms with Crippen molar-refractivity contribution in [1.29, 1.82) is 0 Å². The van der Waals surface area contributed by atoms with Crippen LogP contribution >= 0.6 is 0 Å². The number of hydrogen-bond donors (Lipinski definition) is 5. The average molecular weight is 539 g/mol. The molecular weight excluding hydrogens is 512 g/mol. The number of sulfonamides is 1. The van der Waals surface area contributed by atoms with Crippen LogP contribution in [0.15, 0.2) is 71.6 Å². The maximum Gasteiger partial charge on any atom is 0.263 e. The van der Waals surface area contributed by atoms with Crippen LogP contribution in [-0.2, 0) is 14.8 Å². The Morgan fingerprint density at radius 1 is 0.921 bits per heavy atom. The number of primary amides is 1. The number of carbonyl (C=O) groups is 1. The second kappa shape index (κ2) is 11.2.